The molecule has 0 bridgehead atoms. The molecule has 0 aromatic heterocycles. The summed E-state index contributed by atoms with van der Waals surface area (Å²) in [7, 11) is 3.07. The Kier molecular flexibility index (Phi) is 9.68. The fourth-order valence-corrected chi connectivity index (χ4v) is 4.51. The molecule has 172 valence electrons. The van der Waals surface area contributed by atoms with Crippen molar-refractivity contribution in [3.8, 4) is 11.8 Å². The zero-order valence-electron chi connectivity index (χ0n) is 18.1. The van der Waals surface area contributed by atoms with E-state index in [2.05, 4.69) is 10.2 Å². The normalized spacial score (nSPS) is 13.7. The first-order valence-corrected chi connectivity index (χ1v) is 12.7. The number of aliphatic hydroxyl groups excluding tert-OH is 1. The van der Waals surface area contributed by atoms with Gasteiger partial charge in [0.2, 0.25) is 0 Å². The summed E-state index contributed by atoms with van der Waals surface area (Å²) in [6.07, 6.45) is 4.76. The number of fused-ring (bicyclic) bond motifs is 1. The summed E-state index contributed by atoms with van der Waals surface area (Å²) in [6.45, 7) is 7.70. The third-order valence-electron chi connectivity index (χ3n) is 4.42. The van der Waals surface area contributed by atoms with Gasteiger partial charge in [-0.25, -0.2) is 14.9 Å². The van der Waals surface area contributed by atoms with Crippen LogP contribution in [0.25, 0.3) is 16.5 Å². The van der Waals surface area contributed by atoms with Gasteiger partial charge < -0.3 is 14.6 Å². The predicted molar refractivity (Wildman–Crippen MR) is 137 cm³/mol. The summed E-state index contributed by atoms with van der Waals surface area (Å²) < 4.78 is 11.0. The molecule has 7 nitrogen and oxygen atoms in total. The molecule has 2 aromatic rings. The molecule has 0 unspecified atom stereocenters. The number of nitrogens with zero attached hydrogens (tertiary/aromatic N) is 2. The van der Waals surface area contributed by atoms with Gasteiger partial charge in [0.25, 0.3) is 5.70 Å². The second-order valence-electron chi connectivity index (χ2n) is 6.71. The Morgan fingerprint density at radius 1 is 1.18 bits per heavy atom. The van der Waals surface area contributed by atoms with Gasteiger partial charge in [-0.05, 0) is 35.9 Å². The number of benzene rings is 2. The number of hydrogen-bond acceptors (Lipinski definition) is 7. The second kappa shape index (κ2) is 13.2. The lowest BCUT2D eigenvalue weighted by molar-refractivity contribution is 0.169. The van der Waals surface area contributed by atoms with Crippen LogP contribution in [0.3, 0.4) is 0 Å². The average Bonchev–Trinajstić information content (AvgIpc) is 2.86. The number of nitrogens with one attached hydrogen (secondary N) is 1. The standard InChI is InChI=1S/C25H21N3O4S2/c1-27-23(17-26)22-16-20(32-24-5-3-2-4-21(22)24)11-8-18-6-9-19(10-7-18)28-25(30)31-13-15-34-33-14-12-29/h2-11,16,29H,12-15H2,(H,28,30)/b11-8+,23-22-. The van der Waals surface area contributed by atoms with E-state index in [4.69, 9.17) is 21.2 Å². The van der Waals surface area contributed by atoms with E-state index >= 15 is 0 Å². The number of carbonyl (C=O) groups excluding carboxylic acids is 1. The maximum absolute atomic E-state index is 11.9. The molecular weight excluding hydrogens is 470 g/mol. The molecule has 0 saturated heterocycles. The third kappa shape index (κ3) is 7.19. The summed E-state index contributed by atoms with van der Waals surface area (Å²) in [4.78, 5) is 15.2. The number of hydrogen-bond donors (Lipinski definition) is 2. The highest BCUT2D eigenvalue weighted by Gasteiger charge is 2.18. The molecule has 3 rings (SSSR count). The van der Waals surface area contributed by atoms with Crippen molar-refractivity contribution in [3.63, 3.8) is 0 Å². The molecule has 34 heavy (non-hydrogen) atoms. The minimum atomic E-state index is -0.525. The van der Waals surface area contributed by atoms with E-state index < -0.39 is 6.09 Å². The number of amides is 1. The number of ether oxygens (including phenoxy) is 2. The van der Waals surface area contributed by atoms with E-state index in [0.717, 1.165) is 5.56 Å². The van der Waals surface area contributed by atoms with Gasteiger partial charge in [0, 0.05) is 28.3 Å². The highest BCUT2D eigenvalue weighted by atomic mass is 33.1. The molecule has 0 radical (unpaired) electrons. The van der Waals surface area contributed by atoms with Crippen LogP contribution in [0, 0.1) is 17.9 Å². The molecule has 0 spiro atoms. The van der Waals surface area contributed by atoms with Crippen molar-refractivity contribution < 1.29 is 19.4 Å². The first-order chi connectivity index (χ1) is 16.6. The lowest BCUT2D eigenvalue weighted by Crippen LogP contribution is -2.15. The van der Waals surface area contributed by atoms with Crippen molar-refractivity contribution in [2.45, 2.75) is 0 Å². The Bertz CT molecular complexity index is 1180. The second-order valence-corrected chi connectivity index (χ2v) is 9.42. The molecule has 1 amide bonds. The molecule has 1 heterocycles. The summed E-state index contributed by atoms with van der Waals surface area (Å²) in [5.74, 6) is 2.38. The van der Waals surface area contributed by atoms with E-state index in [-0.39, 0.29) is 18.9 Å². The van der Waals surface area contributed by atoms with Crippen LogP contribution < -0.4 is 10.1 Å². The highest BCUT2D eigenvalue weighted by molar-refractivity contribution is 8.76. The van der Waals surface area contributed by atoms with Gasteiger partial charge in [-0.15, -0.1) is 0 Å². The van der Waals surface area contributed by atoms with E-state index in [1.807, 2.05) is 42.5 Å². The zero-order chi connectivity index (χ0) is 24.2. The monoisotopic (exact) mass is 491 g/mol. The maximum Gasteiger partial charge on any atom is 0.411 e. The lowest BCUT2D eigenvalue weighted by Gasteiger charge is -2.18. The molecule has 0 aliphatic carbocycles. The minimum Gasteiger partial charge on any atom is -0.457 e. The van der Waals surface area contributed by atoms with Crippen molar-refractivity contribution in [2.75, 3.05) is 30.0 Å². The number of aliphatic hydroxyl groups is 1. The van der Waals surface area contributed by atoms with E-state index in [1.165, 1.54) is 10.8 Å². The van der Waals surface area contributed by atoms with Crippen LogP contribution in [0.15, 0.2) is 72.1 Å². The van der Waals surface area contributed by atoms with Gasteiger partial charge in [0.05, 0.1) is 19.2 Å². The van der Waals surface area contributed by atoms with Gasteiger partial charge >= 0.3 is 6.09 Å². The zero-order valence-corrected chi connectivity index (χ0v) is 19.7. The quantitative estimate of drug-likeness (QED) is 0.199. The van der Waals surface area contributed by atoms with Crippen LogP contribution in [-0.2, 0) is 4.74 Å². The first kappa shape index (κ1) is 25.0. The minimum absolute atomic E-state index is 0.00599. The lowest BCUT2D eigenvalue weighted by atomic mass is 9.99. The van der Waals surface area contributed by atoms with Crippen LogP contribution in [0.1, 0.15) is 11.1 Å². The molecular formula is C25H21N3O4S2. The summed E-state index contributed by atoms with van der Waals surface area (Å²) in [6, 6.07) is 16.4. The van der Waals surface area contributed by atoms with Gasteiger partial charge in [-0.3, -0.25) is 5.32 Å². The van der Waals surface area contributed by atoms with Crippen LogP contribution in [0.2, 0.25) is 0 Å². The molecule has 2 aromatic carbocycles. The molecule has 0 atom stereocenters. The van der Waals surface area contributed by atoms with Crippen molar-refractivity contribution in [2.24, 2.45) is 0 Å². The largest absolute Gasteiger partial charge is 0.457 e. The summed E-state index contributed by atoms with van der Waals surface area (Å²) >= 11 is 0. The number of carbonyl (C=O) groups is 1. The Labute approximate surface area is 206 Å². The summed E-state index contributed by atoms with van der Waals surface area (Å²) in [5, 5.41) is 20.7. The number of nitriles is 1. The molecule has 0 saturated carbocycles. The van der Waals surface area contributed by atoms with Gasteiger partial charge in [0.1, 0.15) is 18.1 Å². The Hall–Kier alpha value is -3.63. The van der Waals surface area contributed by atoms with Gasteiger partial charge in [-0.2, -0.15) is 0 Å². The van der Waals surface area contributed by atoms with Crippen LogP contribution in [-0.4, -0.2) is 35.9 Å². The molecule has 9 heteroatoms. The van der Waals surface area contributed by atoms with Crippen molar-refractivity contribution in [1.82, 2.24) is 0 Å². The van der Waals surface area contributed by atoms with E-state index in [9.17, 15) is 10.1 Å². The smallest absolute Gasteiger partial charge is 0.411 e. The molecule has 1 aliphatic rings. The van der Waals surface area contributed by atoms with Gasteiger partial charge in [0.15, 0.2) is 0 Å². The predicted octanol–water partition coefficient (Wildman–Crippen LogP) is 5.75. The Morgan fingerprint density at radius 3 is 2.68 bits per heavy atom. The number of rotatable bonds is 9. The maximum atomic E-state index is 11.9. The Balaban J connectivity index is 1.60. The molecule has 2 N–H and O–H groups in total. The Morgan fingerprint density at radius 2 is 1.94 bits per heavy atom. The van der Waals surface area contributed by atoms with Crippen LogP contribution in [0.5, 0.6) is 5.75 Å². The van der Waals surface area contributed by atoms with Crippen LogP contribution >= 0.6 is 21.6 Å². The van der Waals surface area contributed by atoms with E-state index in [0.29, 0.717) is 39.8 Å². The van der Waals surface area contributed by atoms with Crippen molar-refractivity contribution in [3.05, 3.63) is 94.7 Å². The molecule has 1 aliphatic heterocycles. The highest BCUT2D eigenvalue weighted by Crippen LogP contribution is 2.36. The van der Waals surface area contributed by atoms with Crippen LogP contribution in [0.4, 0.5) is 10.5 Å². The van der Waals surface area contributed by atoms with E-state index in [1.54, 1.807) is 41.1 Å². The average molecular weight is 492 g/mol. The summed E-state index contributed by atoms with van der Waals surface area (Å²) in [5.41, 5.74) is 2.72. The first-order valence-electron chi connectivity index (χ1n) is 10.2. The molecule has 0 fully saturated rings. The topological polar surface area (TPSA) is 95.9 Å². The van der Waals surface area contributed by atoms with Crippen molar-refractivity contribution >= 4 is 45.0 Å². The number of allylic oxidation sites excluding steroid dienone is 4. The third-order valence-corrected chi connectivity index (χ3v) is 6.77. The SMILES string of the molecule is [C-]#[N+]/C(C#N)=C1C=C(/C=C/c2ccc(NC(=O)OCCSSCCO)cc2)Oc2ccccc2/1. The van der Waals surface area contributed by atoms with Crippen molar-refractivity contribution in [1.29, 1.82) is 5.26 Å². The fourth-order valence-electron chi connectivity index (χ4n) is 2.91. The number of para-hydroxylation sites is 1. The number of anilines is 1. The van der Waals surface area contributed by atoms with Gasteiger partial charge in [-0.1, -0.05) is 58.0 Å². The fraction of sp³-hybridized carbons (Fsp3) is 0.160.